The van der Waals surface area contributed by atoms with Gasteiger partial charge in [-0.05, 0) is 38.4 Å². The van der Waals surface area contributed by atoms with E-state index in [0.29, 0.717) is 25.4 Å². The number of carbonyl (C=O) groups is 1. The maximum Gasteiger partial charge on any atom is 0.314 e. The fourth-order valence-corrected chi connectivity index (χ4v) is 2.64. The number of hydrogen-bond acceptors (Lipinski definition) is 5. The van der Waals surface area contributed by atoms with E-state index in [1.54, 1.807) is 6.26 Å². The van der Waals surface area contributed by atoms with Gasteiger partial charge in [0, 0.05) is 6.54 Å². The van der Waals surface area contributed by atoms with Gasteiger partial charge in [-0.15, -0.1) is 0 Å². The van der Waals surface area contributed by atoms with Crippen molar-refractivity contribution in [2.24, 2.45) is 0 Å². The molecule has 7 nitrogen and oxygen atoms in total. The summed E-state index contributed by atoms with van der Waals surface area (Å²) in [6.45, 7) is 1.22. The Morgan fingerprint density at radius 3 is 2.72 bits per heavy atom. The summed E-state index contributed by atoms with van der Waals surface area (Å²) in [5.41, 5.74) is 0. The average molecular weight is 345 g/mol. The Morgan fingerprint density at radius 2 is 2.00 bits per heavy atom. The molecule has 134 valence electrons. The van der Waals surface area contributed by atoms with Gasteiger partial charge in [0.15, 0.2) is 17.6 Å². The number of para-hydroxylation sites is 2. The number of ether oxygens (including phenoxy) is 2. The van der Waals surface area contributed by atoms with Gasteiger partial charge in [-0.3, -0.25) is 4.90 Å². The van der Waals surface area contributed by atoms with Crippen LogP contribution in [-0.4, -0.2) is 50.8 Å². The van der Waals surface area contributed by atoms with E-state index >= 15 is 0 Å². The highest BCUT2D eigenvalue weighted by Gasteiger charge is 2.22. The molecule has 2 N–H and O–H groups in total. The lowest BCUT2D eigenvalue weighted by Crippen LogP contribution is -2.46. The number of carbonyl (C=O) groups excluding carboxylic acids is 1. The highest BCUT2D eigenvalue weighted by atomic mass is 16.6. The van der Waals surface area contributed by atoms with Gasteiger partial charge in [0.25, 0.3) is 0 Å². The summed E-state index contributed by atoms with van der Waals surface area (Å²) in [4.78, 5) is 14.1. The third-order valence-corrected chi connectivity index (χ3v) is 4.01. The van der Waals surface area contributed by atoms with Crippen molar-refractivity contribution in [3.63, 3.8) is 0 Å². The van der Waals surface area contributed by atoms with Crippen molar-refractivity contribution in [1.29, 1.82) is 0 Å². The van der Waals surface area contributed by atoms with Crippen LogP contribution in [0.5, 0.6) is 11.5 Å². The zero-order valence-electron chi connectivity index (χ0n) is 14.4. The molecule has 1 aliphatic heterocycles. The first-order chi connectivity index (χ1) is 12.1. The molecule has 3 rings (SSSR count). The SMILES string of the molecule is CN(C)[C@@H](CNC(=O)NC[C@@H]1COc2ccccc2O1)c1ccco1. The van der Waals surface area contributed by atoms with Crippen LogP contribution in [0.1, 0.15) is 11.8 Å². The molecule has 0 unspecified atom stereocenters. The van der Waals surface area contributed by atoms with Crippen molar-refractivity contribution < 1.29 is 18.7 Å². The van der Waals surface area contributed by atoms with Crippen molar-refractivity contribution >= 4 is 6.03 Å². The Labute approximate surface area is 146 Å². The molecular weight excluding hydrogens is 322 g/mol. The summed E-state index contributed by atoms with van der Waals surface area (Å²) in [7, 11) is 3.88. The molecule has 2 aromatic rings. The summed E-state index contributed by atoms with van der Waals surface area (Å²) in [6, 6.07) is 11.0. The predicted molar refractivity (Wildman–Crippen MR) is 92.9 cm³/mol. The van der Waals surface area contributed by atoms with Gasteiger partial charge >= 0.3 is 6.03 Å². The first kappa shape index (κ1) is 17.2. The van der Waals surface area contributed by atoms with Crippen LogP contribution in [-0.2, 0) is 0 Å². The van der Waals surface area contributed by atoms with Gasteiger partial charge in [-0.1, -0.05) is 12.1 Å². The molecule has 2 amide bonds. The fourth-order valence-electron chi connectivity index (χ4n) is 2.64. The third kappa shape index (κ3) is 4.45. The van der Waals surface area contributed by atoms with Crippen LogP contribution >= 0.6 is 0 Å². The van der Waals surface area contributed by atoms with Crippen LogP contribution in [0.15, 0.2) is 47.1 Å². The molecule has 0 spiro atoms. The lowest BCUT2D eigenvalue weighted by Gasteiger charge is -2.27. The Balaban J connectivity index is 1.44. The second-order valence-corrected chi connectivity index (χ2v) is 6.08. The lowest BCUT2D eigenvalue weighted by atomic mass is 10.2. The fraction of sp³-hybridized carbons (Fsp3) is 0.389. The van der Waals surface area contributed by atoms with Crippen LogP contribution < -0.4 is 20.1 Å². The number of hydrogen-bond donors (Lipinski definition) is 2. The highest BCUT2D eigenvalue weighted by molar-refractivity contribution is 5.73. The molecule has 0 saturated heterocycles. The second kappa shape index (κ2) is 7.94. The van der Waals surface area contributed by atoms with Gasteiger partial charge < -0.3 is 24.5 Å². The number of likely N-dealkylation sites (N-methyl/N-ethyl adjacent to an activating group) is 1. The maximum absolute atomic E-state index is 12.1. The average Bonchev–Trinajstić information content (AvgIpc) is 3.14. The van der Waals surface area contributed by atoms with E-state index in [4.69, 9.17) is 13.9 Å². The van der Waals surface area contributed by atoms with Crippen molar-refractivity contribution in [2.75, 3.05) is 33.8 Å². The summed E-state index contributed by atoms with van der Waals surface area (Å²) < 4.78 is 16.9. The number of benzene rings is 1. The van der Waals surface area contributed by atoms with Crippen molar-refractivity contribution in [1.82, 2.24) is 15.5 Å². The minimum absolute atomic E-state index is 0.0260. The Kier molecular flexibility index (Phi) is 5.45. The zero-order chi connectivity index (χ0) is 17.6. The summed E-state index contributed by atoms with van der Waals surface area (Å²) >= 11 is 0. The van der Waals surface area contributed by atoms with Crippen LogP contribution in [0.2, 0.25) is 0 Å². The first-order valence-electron chi connectivity index (χ1n) is 8.23. The number of fused-ring (bicyclic) bond motifs is 1. The summed E-state index contributed by atoms with van der Waals surface area (Å²) in [6.07, 6.45) is 1.42. The second-order valence-electron chi connectivity index (χ2n) is 6.08. The van der Waals surface area contributed by atoms with E-state index in [1.165, 1.54) is 0 Å². The third-order valence-electron chi connectivity index (χ3n) is 4.01. The Bertz CT molecular complexity index is 687. The molecule has 1 aromatic heterocycles. The van der Waals surface area contributed by atoms with Crippen molar-refractivity contribution in [3.05, 3.63) is 48.4 Å². The monoisotopic (exact) mass is 345 g/mol. The van der Waals surface area contributed by atoms with Crippen LogP contribution in [0.25, 0.3) is 0 Å². The molecule has 25 heavy (non-hydrogen) atoms. The standard InChI is InChI=1S/C18H23N3O4/c1-21(2)14(15-8-5-9-23-15)11-20-18(22)19-10-13-12-24-16-6-3-4-7-17(16)25-13/h3-9,13-14H,10-12H2,1-2H3,(H2,19,20,22)/t13-,14+/m1/s1. The van der Waals surface area contributed by atoms with E-state index < -0.39 is 0 Å². The number of rotatable bonds is 6. The Morgan fingerprint density at radius 1 is 1.20 bits per heavy atom. The summed E-state index contributed by atoms with van der Waals surface area (Å²) in [5.74, 6) is 2.24. The van der Waals surface area contributed by atoms with Crippen LogP contribution in [0, 0.1) is 0 Å². The van der Waals surface area contributed by atoms with Gasteiger partial charge in [0.05, 0.1) is 18.8 Å². The summed E-state index contributed by atoms with van der Waals surface area (Å²) in [5, 5.41) is 5.68. The number of nitrogens with one attached hydrogen (secondary N) is 2. The largest absolute Gasteiger partial charge is 0.486 e. The molecule has 0 radical (unpaired) electrons. The molecule has 7 heteroatoms. The number of furan rings is 1. The first-order valence-corrected chi connectivity index (χ1v) is 8.23. The van der Waals surface area contributed by atoms with Crippen LogP contribution in [0.3, 0.4) is 0 Å². The minimum atomic E-state index is -0.249. The number of nitrogens with zero attached hydrogens (tertiary/aromatic N) is 1. The molecule has 1 aromatic carbocycles. The van der Waals surface area contributed by atoms with Crippen molar-refractivity contribution in [3.8, 4) is 11.5 Å². The molecular formula is C18H23N3O4. The molecule has 2 atom stereocenters. The van der Waals surface area contributed by atoms with Gasteiger partial charge in [-0.25, -0.2) is 4.79 Å². The smallest absolute Gasteiger partial charge is 0.314 e. The highest BCUT2D eigenvalue weighted by Crippen LogP contribution is 2.30. The minimum Gasteiger partial charge on any atom is -0.486 e. The normalized spacial score (nSPS) is 17.2. The van der Waals surface area contributed by atoms with E-state index in [0.717, 1.165) is 11.5 Å². The van der Waals surface area contributed by atoms with E-state index in [-0.39, 0.29) is 18.2 Å². The molecule has 0 saturated carbocycles. The van der Waals surface area contributed by atoms with Crippen LogP contribution in [0.4, 0.5) is 4.79 Å². The number of urea groups is 1. The lowest BCUT2D eigenvalue weighted by molar-refractivity contribution is 0.0917. The van der Waals surface area contributed by atoms with E-state index in [2.05, 4.69) is 10.6 Å². The molecule has 0 aliphatic carbocycles. The topological polar surface area (TPSA) is 76.0 Å². The van der Waals surface area contributed by atoms with Gasteiger partial charge in [0.2, 0.25) is 0 Å². The molecule has 0 fully saturated rings. The van der Waals surface area contributed by atoms with E-state index in [1.807, 2.05) is 55.4 Å². The number of amides is 2. The van der Waals surface area contributed by atoms with Gasteiger partial charge in [0.1, 0.15) is 12.4 Å². The zero-order valence-corrected chi connectivity index (χ0v) is 14.4. The molecule has 2 heterocycles. The van der Waals surface area contributed by atoms with Gasteiger partial charge in [-0.2, -0.15) is 0 Å². The van der Waals surface area contributed by atoms with Crippen molar-refractivity contribution in [2.45, 2.75) is 12.1 Å². The van der Waals surface area contributed by atoms with E-state index in [9.17, 15) is 4.79 Å². The Hall–Kier alpha value is -2.67. The maximum atomic E-state index is 12.1. The molecule has 0 bridgehead atoms. The quantitative estimate of drug-likeness (QED) is 0.838. The molecule has 1 aliphatic rings. The predicted octanol–water partition coefficient (Wildman–Crippen LogP) is 2.02.